The second kappa shape index (κ2) is 10.5. The summed E-state index contributed by atoms with van der Waals surface area (Å²) in [7, 11) is 4.93. The largest absolute Gasteiger partial charge is 0.497 e. The highest BCUT2D eigenvalue weighted by Crippen LogP contribution is 2.30. The molecular weight excluding hydrogens is 401 g/mol. The third-order valence-corrected chi connectivity index (χ3v) is 5.00. The first-order chi connectivity index (χ1) is 15.0. The maximum Gasteiger partial charge on any atom is 0.243 e. The summed E-state index contributed by atoms with van der Waals surface area (Å²) in [6.07, 6.45) is 0.919. The van der Waals surface area contributed by atoms with Gasteiger partial charge in [0.05, 0.1) is 20.8 Å². The molecule has 1 fully saturated rings. The fourth-order valence-corrected chi connectivity index (χ4v) is 3.38. The Balaban J connectivity index is 1.50. The van der Waals surface area contributed by atoms with E-state index in [1.165, 1.54) is 24.3 Å². The molecule has 1 saturated heterocycles. The van der Waals surface area contributed by atoms with Gasteiger partial charge in [-0.15, -0.1) is 0 Å². The van der Waals surface area contributed by atoms with E-state index in [9.17, 15) is 9.18 Å². The van der Waals surface area contributed by atoms with E-state index in [2.05, 4.69) is 25.8 Å². The number of methoxy groups -OCH3 is 2. The van der Waals surface area contributed by atoms with Crippen LogP contribution in [0.4, 0.5) is 15.8 Å². The molecule has 0 saturated carbocycles. The molecule has 0 bridgehead atoms. The molecule has 3 N–H and O–H groups in total. The van der Waals surface area contributed by atoms with Crippen molar-refractivity contribution in [2.75, 3.05) is 51.1 Å². The zero-order chi connectivity index (χ0) is 22.2. The van der Waals surface area contributed by atoms with E-state index in [1.54, 1.807) is 21.3 Å². The number of guanidine groups is 1. The van der Waals surface area contributed by atoms with Gasteiger partial charge in [0, 0.05) is 55.8 Å². The van der Waals surface area contributed by atoms with Crippen LogP contribution in [0.25, 0.3) is 0 Å². The van der Waals surface area contributed by atoms with E-state index < -0.39 is 0 Å². The summed E-state index contributed by atoms with van der Waals surface area (Å²) in [5, 5.41) is 9.08. The Morgan fingerprint density at radius 3 is 2.45 bits per heavy atom. The standard InChI is InChI=1S/C22H28FN5O3/c1-24-22(25-13-21(29)26-16-6-4-15(23)5-7-16)27-17-8-9-28(14-17)18-10-19(30-2)12-20(11-18)31-3/h4-7,10-12,17H,8-9,13-14H2,1-3H3,(H,26,29)(H2,24,25,27). The molecule has 1 aliphatic rings. The van der Waals surface area contributed by atoms with Crippen molar-refractivity contribution in [3.8, 4) is 11.5 Å². The highest BCUT2D eigenvalue weighted by Gasteiger charge is 2.24. The second-order valence-electron chi connectivity index (χ2n) is 7.13. The van der Waals surface area contributed by atoms with E-state index in [-0.39, 0.29) is 24.3 Å². The van der Waals surface area contributed by atoms with Crippen LogP contribution in [0.3, 0.4) is 0 Å². The van der Waals surface area contributed by atoms with Gasteiger partial charge in [0.15, 0.2) is 5.96 Å². The lowest BCUT2D eigenvalue weighted by molar-refractivity contribution is -0.115. The van der Waals surface area contributed by atoms with Gasteiger partial charge >= 0.3 is 0 Å². The van der Waals surface area contributed by atoms with Crippen molar-refractivity contribution in [1.82, 2.24) is 10.6 Å². The average Bonchev–Trinajstić information content (AvgIpc) is 3.26. The number of hydrogen-bond acceptors (Lipinski definition) is 5. The number of carbonyl (C=O) groups excluding carboxylic acids is 1. The number of rotatable bonds is 7. The quantitative estimate of drug-likeness (QED) is 0.462. The molecule has 2 aromatic rings. The molecule has 1 amide bonds. The summed E-state index contributed by atoms with van der Waals surface area (Å²) in [5.41, 5.74) is 1.57. The van der Waals surface area contributed by atoms with Crippen molar-refractivity contribution in [2.45, 2.75) is 12.5 Å². The van der Waals surface area contributed by atoms with Crippen LogP contribution in [0.2, 0.25) is 0 Å². The summed E-state index contributed by atoms with van der Waals surface area (Å²) in [5.74, 6) is 1.44. The van der Waals surface area contributed by atoms with Crippen molar-refractivity contribution < 1.29 is 18.7 Å². The molecule has 0 aliphatic carbocycles. The Morgan fingerprint density at radius 2 is 1.84 bits per heavy atom. The fourth-order valence-electron chi connectivity index (χ4n) is 3.38. The van der Waals surface area contributed by atoms with Crippen LogP contribution in [0.15, 0.2) is 47.5 Å². The van der Waals surface area contributed by atoms with Crippen molar-refractivity contribution in [3.63, 3.8) is 0 Å². The van der Waals surface area contributed by atoms with Gasteiger partial charge in [-0.25, -0.2) is 4.39 Å². The van der Waals surface area contributed by atoms with E-state index in [0.29, 0.717) is 11.6 Å². The topological polar surface area (TPSA) is 87.2 Å². The van der Waals surface area contributed by atoms with Crippen LogP contribution in [0.5, 0.6) is 11.5 Å². The molecule has 0 spiro atoms. The van der Waals surface area contributed by atoms with Gasteiger partial charge in [-0.3, -0.25) is 9.79 Å². The molecule has 31 heavy (non-hydrogen) atoms. The third-order valence-electron chi connectivity index (χ3n) is 5.00. The highest BCUT2D eigenvalue weighted by molar-refractivity contribution is 5.95. The van der Waals surface area contributed by atoms with Gasteiger partial charge in [0.25, 0.3) is 0 Å². The zero-order valence-corrected chi connectivity index (χ0v) is 17.9. The Hall–Kier alpha value is -3.49. The van der Waals surface area contributed by atoms with Crippen LogP contribution in [-0.2, 0) is 4.79 Å². The molecular formula is C22H28FN5O3. The van der Waals surface area contributed by atoms with E-state index in [4.69, 9.17) is 9.47 Å². The van der Waals surface area contributed by atoms with Crippen molar-refractivity contribution in [1.29, 1.82) is 0 Å². The normalized spacial score (nSPS) is 16.1. The fraction of sp³-hybridized carbons (Fsp3) is 0.364. The average molecular weight is 429 g/mol. The lowest BCUT2D eigenvalue weighted by atomic mass is 10.2. The van der Waals surface area contributed by atoms with Crippen molar-refractivity contribution in [3.05, 3.63) is 48.3 Å². The molecule has 9 heteroatoms. The number of nitrogens with one attached hydrogen (secondary N) is 3. The van der Waals surface area contributed by atoms with Crippen LogP contribution in [-0.4, -0.2) is 58.8 Å². The van der Waals surface area contributed by atoms with Gasteiger partial charge in [-0.2, -0.15) is 0 Å². The lowest BCUT2D eigenvalue weighted by Gasteiger charge is -2.21. The number of hydrogen-bond donors (Lipinski definition) is 3. The Bertz CT molecular complexity index is 898. The van der Waals surface area contributed by atoms with E-state index in [0.717, 1.165) is 36.7 Å². The SMILES string of the molecule is CN=C(NCC(=O)Nc1ccc(F)cc1)NC1CCN(c2cc(OC)cc(OC)c2)C1. The number of nitrogens with zero attached hydrogens (tertiary/aromatic N) is 2. The molecule has 8 nitrogen and oxygen atoms in total. The van der Waals surface area contributed by atoms with Crippen LogP contribution < -0.4 is 30.3 Å². The maximum absolute atomic E-state index is 13.0. The molecule has 1 atom stereocenters. The molecule has 1 unspecified atom stereocenters. The van der Waals surface area contributed by atoms with Gasteiger partial charge in [-0.1, -0.05) is 0 Å². The molecule has 0 radical (unpaired) electrons. The smallest absolute Gasteiger partial charge is 0.243 e. The Morgan fingerprint density at radius 1 is 1.16 bits per heavy atom. The van der Waals surface area contributed by atoms with Crippen molar-refractivity contribution >= 4 is 23.2 Å². The number of aliphatic imine (C=N–C) groups is 1. The molecule has 1 heterocycles. The zero-order valence-electron chi connectivity index (χ0n) is 17.9. The Labute approximate surface area is 181 Å². The lowest BCUT2D eigenvalue weighted by Crippen LogP contribution is -2.46. The number of ether oxygens (including phenoxy) is 2. The summed E-state index contributed by atoms with van der Waals surface area (Å²) in [6.45, 7) is 1.69. The van der Waals surface area contributed by atoms with Crippen LogP contribution in [0.1, 0.15) is 6.42 Å². The van der Waals surface area contributed by atoms with Crippen molar-refractivity contribution in [2.24, 2.45) is 4.99 Å². The number of amides is 1. The number of halogens is 1. The first-order valence-electron chi connectivity index (χ1n) is 10.0. The first kappa shape index (κ1) is 22.2. The maximum atomic E-state index is 13.0. The highest BCUT2D eigenvalue weighted by atomic mass is 19.1. The number of carbonyl (C=O) groups is 1. The minimum atomic E-state index is -0.348. The number of benzene rings is 2. The second-order valence-corrected chi connectivity index (χ2v) is 7.13. The predicted octanol–water partition coefficient (Wildman–Crippen LogP) is 2.23. The van der Waals surface area contributed by atoms with Gasteiger partial charge in [0.2, 0.25) is 5.91 Å². The third kappa shape index (κ3) is 6.24. The summed E-state index contributed by atoms with van der Waals surface area (Å²) >= 11 is 0. The first-order valence-corrected chi connectivity index (χ1v) is 10.0. The Kier molecular flexibility index (Phi) is 7.53. The van der Waals surface area contributed by atoms with Gasteiger partial charge in [-0.05, 0) is 30.7 Å². The molecule has 3 rings (SSSR count). The molecule has 1 aliphatic heterocycles. The summed E-state index contributed by atoms with van der Waals surface area (Å²) in [6, 6.07) is 11.6. The predicted molar refractivity (Wildman–Crippen MR) is 120 cm³/mol. The summed E-state index contributed by atoms with van der Waals surface area (Å²) < 4.78 is 23.7. The van der Waals surface area contributed by atoms with Crippen LogP contribution in [0, 0.1) is 5.82 Å². The monoisotopic (exact) mass is 429 g/mol. The molecule has 166 valence electrons. The molecule has 0 aromatic heterocycles. The van der Waals surface area contributed by atoms with Gasteiger partial charge in [0.1, 0.15) is 17.3 Å². The minimum absolute atomic E-state index is 0.0422. The molecule has 2 aromatic carbocycles. The number of anilines is 2. The minimum Gasteiger partial charge on any atom is -0.497 e. The van der Waals surface area contributed by atoms with Gasteiger partial charge < -0.3 is 30.3 Å². The summed E-state index contributed by atoms with van der Waals surface area (Å²) in [4.78, 5) is 18.6. The van der Waals surface area contributed by atoms with E-state index >= 15 is 0 Å². The van der Waals surface area contributed by atoms with E-state index in [1.807, 2.05) is 18.2 Å². The van der Waals surface area contributed by atoms with Crippen LogP contribution >= 0.6 is 0 Å².